The normalized spacial score (nSPS) is 19.3. The molecule has 2 aliphatic rings. The van der Waals surface area contributed by atoms with Crippen molar-refractivity contribution in [2.24, 2.45) is 5.41 Å². The minimum atomic E-state index is -0.280. The first kappa shape index (κ1) is 15.0. The highest BCUT2D eigenvalue weighted by Gasteiger charge is 2.58. The fourth-order valence-electron chi connectivity index (χ4n) is 3.47. The highest BCUT2D eigenvalue weighted by atomic mass is 16.2. The second kappa shape index (κ2) is 5.82. The van der Waals surface area contributed by atoms with Crippen LogP contribution in [0.25, 0.3) is 0 Å². The van der Waals surface area contributed by atoms with Crippen LogP contribution in [0.4, 0.5) is 0 Å². The number of hydrogen-bond donors (Lipinski definition) is 1. The topological polar surface area (TPSA) is 32.3 Å². The number of nitrogens with zero attached hydrogens (tertiary/aromatic N) is 1. The lowest BCUT2D eigenvalue weighted by molar-refractivity contribution is -0.131. The molecule has 4 rings (SSSR count). The molecule has 1 saturated carbocycles. The van der Waals surface area contributed by atoms with Crippen molar-refractivity contribution in [2.75, 3.05) is 0 Å². The van der Waals surface area contributed by atoms with Crippen LogP contribution in [0.15, 0.2) is 72.6 Å². The van der Waals surface area contributed by atoms with Crippen molar-refractivity contribution in [1.29, 1.82) is 0 Å². The second-order valence-corrected chi connectivity index (χ2v) is 6.82. The number of carbonyl (C=O) groups excluding carboxylic acids is 1. The summed E-state index contributed by atoms with van der Waals surface area (Å²) in [7, 11) is 0. The average molecular weight is 318 g/mol. The molecule has 0 radical (unpaired) electrons. The van der Waals surface area contributed by atoms with Gasteiger partial charge < -0.3 is 10.2 Å². The van der Waals surface area contributed by atoms with E-state index in [9.17, 15) is 4.79 Å². The maximum Gasteiger partial charge on any atom is 0.239 e. The fourth-order valence-corrected chi connectivity index (χ4v) is 3.47. The van der Waals surface area contributed by atoms with Gasteiger partial charge in [0.05, 0.1) is 12.0 Å². The standard InChI is InChI=1S/C21H22N2O/c1-16(18-10-6-3-7-11-18)22-19-15-23(20(24)21(19)12-13-21)14-17-8-4-2-5-9-17/h2-11,15-16,22H,12-14H2,1H3/t16-/m1/s1. The first-order valence-corrected chi connectivity index (χ1v) is 8.58. The SMILES string of the molecule is C[C@@H](NC1=CN(Cc2ccccc2)C(=O)C12CC2)c1ccccc1. The molecule has 1 aliphatic carbocycles. The zero-order chi connectivity index (χ0) is 16.6. The third kappa shape index (κ3) is 2.60. The average Bonchev–Trinajstić information content (AvgIpc) is 3.39. The summed E-state index contributed by atoms with van der Waals surface area (Å²) in [5.74, 6) is 0.245. The van der Waals surface area contributed by atoms with Gasteiger partial charge in [0, 0.05) is 17.9 Å². The van der Waals surface area contributed by atoms with Crippen LogP contribution in [-0.2, 0) is 11.3 Å². The number of benzene rings is 2. The van der Waals surface area contributed by atoms with Crippen LogP contribution in [0.3, 0.4) is 0 Å². The molecule has 0 unspecified atom stereocenters. The monoisotopic (exact) mass is 318 g/mol. The number of carbonyl (C=O) groups is 1. The van der Waals surface area contributed by atoms with Gasteiger partial charge in [-0.1, -0.05) is 60.7 Å². The summed E-state index contributed by atoms with van der Waals surface area (Å²) in [4.78, 5) is 14.7. The van der Waals surface area contributed by atoms with Crippen molar-refractivity contribution in [3.63, 3.8) is 0 Å². The van der Waals surface area contributed by atoms with Gasteiger partial charge in [-0.05, 0) is 30.9 Å². The Balaban J connectivity index is 1.53. The van der Waals surface area contributed by atoms with E-state index in [0.717, 1.165) is 24.1 Å². The minimum absolute atomic E-state index is 0.194. The first-order valence-electron chi connectivity index (χ1n) is 8.58. The van der Waals surface area contributed by atoms with Crippen molar-refractivity contribution in [3.8, 4) is 0 Å². The Labute approximate surface area is 143 Å². The zero-order valence-corrected chi connectivity index (χ0v) is 13.9. The summed E-state index contributed by atoms with van der Waals surface area (Å²) in [5.41, 5.74) is 3.20. The van der Waals surface area contributed by atoms with Gasteiger partial charge in [-0.2, -0.15) is 0 Å². The number of hydrogen-bond acceptors (Lipinski definition) is 2. The lowest BCUT2D eigenvalue weighted by Crippen LogP contribution is -2.30. The summed E-state index contributed by atoms with van der Waals surface area (Å²) in [6.07, 6.45) is 3.94. The van der Waals surface area contributed by atoms with Crippen LogP contribution < -0.4 is 5.32 Å². The lowest BCUT2D eigenvalue weighted by atomic mass is 10.0. The molecule has 0 aromatic heterocycles. The first-order chi connectivity index (χ1) is 11.7. The zero-order valence-electron chi connectivity index (χ0n) is 13.9. The molecule has 122 valence electrons. The van der Waals surface area contributed by atoms with Crippen molar-refractivity contribution < 1.29 is 4.79 Å². The van der Waals surface area contributed by atoms with Gasteiger partial charge in [0.15, 0.2) is 0 Å². The Morgan fingerprint density at radius 3 is 2.29 bits per heavy atom. The van der Waals surface area contributed by atoms with E-state index in [-0.39, 0.29) is 17.4 Å². The molecule has 1 aliphatic heterocycles. The highest BCUT2D eigenvalue weighted by Crippen LogP contribution is 2.56. The summed E-state index contributed by atoms with van der Waals surface area (Å²) in [6.45, 7) is 2.79. The van der Waals surface area contributed by atoms with Gasteiger partial charge in [-0.25, -0.2) is 0 Å². The van der Waals surface area contributed by atoms with E-state index < -0.39 is 0 Å². The van der Waals surface area contributed by atoms with Crippen molar-refractivity contribution in [1.82, 2.24) is 10.2 Å². The molecule has 24 heavy (non-hydrogen) atoms. The number of nitrogens with one attached hydrogen (secondary N) is 1. The lowest BCUT2D eigenvalue weighted by Gasteiger charge is -2.20. The Morgan fingerprint density at radius 1 is 1.04 bits per heavy atom. The largest absolute Gasteiger partial charge is 0.380 e. The van der Waals surface area contributed by atoms with Crippen LogP contribution in [0.1, 0.15) is 36.9 Å². The van der Waals surface area contributed by atoms with Gasteiger partial charge >= 0.3 is 0 Å². The van der Waals surface area contributed by atoms with Crippen LogP contribution >= 0.6 is 0 Å². The van der Waals surface area contributed by atoms with Gasteiger partial charge in [0.2, 0.25) is 5.91 Å². The molecule has 3 nitrogen and oxygen atoms in total. The van der Waals surface area contributed by atoms with Crippen molar-refractivity contribution >= 4 is 5.91 Å². The summed E-state index contributed by atoms with van der Waals surface area (Å²) in [5, 5.41) is 3.59. The minimum Gasteiger partial charge on any atom is -0.380 e. The van der Waals surface area contributed by atoms with Crippen LogP contribution in [0.5, 0.6) is 0 Å². The van der Waals surface area contributed by atoms with Gasteiger partial charge in [-0.15, -0.1) is 0 Å². The van der Waals surface area contributed by atoms with E-state index in [1.165, 1.54) is 5.56 Å². The molecule has 3 heteroatoms. The van der Waals surface area contributed by atoms with E-state index in [0.29, 0.717) is 6.54 Å². The van der Waals surface area contributed by atoms with Gasteiger partial charge in [0.1, 0.15) is 0 Å². The molecule has 1 amide bonds. The van der Waals surface area contributed by atoms with E-state index in [1.54, 1.807) is 0 Å². The molecule has 1 heterocycles. The maximum atomic E-state index is 12.9. The molecule has 1 spiro atoms. The predicted octanol–water partition coefficient (Wildman–Crippen LogP) is 4.00. The van der Waals surface area contributed by atoms with E-state index in [1.807, 2.05) is 35.4 Å². The number of amides is 1. The maximum absolute atomic E-state index is 12.9. The van der Waals surface area contributed by atoms with E-state index >= 15 is 0 Å². The Morgan fingerprint density at radius 2 is 1.67 bits per heavy atom. The quantitative estimate of drug-likeness (QED) is 0.903. The van der Waals surface area contributed by atoms with Crippen LogP contribution in [-0.4, -0.2) is 10.8 Å². The predicted molar refractivity (Wildman–Crippen MR) is 94.7 cm³/mol. The highest BCUT2D eigenvalue weighted by molar-refractivity contribution is 5.92. The third-order valence-corrected chi connectivity index (χ3v) is 5.09. The van der Waals surface area contributed by atoms with Crippen LogP contribution in [0.2, 0.25) is 0 Å². The fraction of sp³-hybridized carbons (Fsp3) is 0.286. The van der Waals surface area contributed by atoms with Gasteiger partial charge in [0.25, 0.3) is 0 Å². The van der Waals surface area contributed by atoms with Crippen molar-refractivity contribution in [3.05, 3.63) is 83.7 Å². The molecule has 1 fully saturated rings. The molecule has 0 bridgehead atoms. The third-order valence-electron chi connectivity index (χ3n) is 5.09. The molecular weight excluding hydrogens is 296 g/mol. The van der Waals surface area contributed by atoms with Crippen LogP contribution in [0, 0.1) is 5.41 Å². The summed E-state index contributed by atoms with van der Waals surface area (Å²) >= 11 is 0. The molecular formula is C21H22N2O. The summed E-state index contributed by atoms with van der Waals surface area (Å²) in [6, 6.07) is 20.7. The van der Waals surface area contributed by atoms with Crippen molar-refractivity contribution in [2.45, 2.75) is 32.4 Å². The number of rotatable bonds is 5. The van der Waals surface area contributed by atoms with E-state index in [2.05, 4.69) is 48.6 Å². The molecule has 2 aromatic rings. The van der Waals surface area contributed by atoms with E-state index in [4.69, 9.17) is 0 Å². The smallest absolute Gasteiger partial charge is 0.239 e. The Kier molecular flexibility index (Phi) is 3.64. The Bertz CT molecular complexity index is 763. The molecule has 1 atom stereocenters. The second-order valence-electron chi connectivity index (χ2n) is 6.82. The summed E-state index contributed by atoms with van der Waals surface area (Å²) < 4.78 is 0. The molecule has 1 N–H and O–H groups in total. The Hall–Kier alpha value is -2.55. The molecule has 2 aromatic carbocycles. The molecule has 0 saturated heterocycles. The van der Waals surface area contributed by atoms with Gasteiger partial charge in [-0.3, -0.25) is 4.79 Å².